The fourth-order valence-corrected chi connectivity index (χ4v) is 12.5. The van der Waals surface area contributed by atoms with E-state index < -0.39 is 65.6 Å². The lowest BCUT2D eigenvalue weighted by Crippen LogP contribution is -2.51. The summed E-state index contributed by atoms with van der Waals surface area (Å²) in [5.74, 6) is -3.44. The Bertz CT molecular complexity index is 1390. The number of halogens is 2. The molecule has 2 aliphatic heterocycles. The number of fused-ring (bicyclic) bond motifs is 1. The molecule has 0 spiro atoms. The van der Waals surface area contributed by atoms with Gasteiger partial charge in [0, 0.05) is 55.9 Å². The summed E-state index contributed by atoms with van der Waals surface area (Å²) in [6.07, 6.45) is 9.48. The van der Waals surface area contributed by atoms with Gasteiger partial charge in [0.25, 0.3) is 0 Å². The minimum atomic E-state index is -3.27. The SMILES string of the molecule is CCCC[C@H](CC(=O)[C@@H]1[C@@H]2[C@H](CN1C(=O)[C@@H](CC(=O)CC1(C3CCCS3(=O)=O)CCCCC1)C(C)(C)C)C2(Cl)Cl)C(=O)C(=O)CC1CC1. The number of Topliss-reactive ketones (excluding diaryl/α,β-unsaturated/α-hetero) is 4. The van der Waals surface area contributed by atoms with Crippen LogP contribution in [0.5, 0.6) is 0 Å². The van der Waals surface area contributed by atoms with Crippen LogP contribution in [-0.2, 0) is 33.8 Å². The van der Waals surface area contributed by atoms with Crippen LogP contribution in [0.3, 0.4) is 0 Å². The van der Waals surface area contributed by atoms with E-state index >= 15 is 0 Å². The molecule has 270 valence electrons. The lowest BCUT2D eigenvalue weighted by Gasteiger charge is -2.42. The predicted octanol–water partition coefficient (Wildman–Crippen LogP) is 6.86. The molecule has 8 nitrogen and oxygen atoms in total. The van der Waals surface area contributed by atoms with Crippen LogP contribution in [0.4, 0.5) is 0 Å². The van der Waals surface area contributed by atoms with Gasteiger partial charge in [-0.05, 0) is 61.7 Å². The topological polar surface area (TPSA) is 123 Å². The zero-order chi connectivity index (χ0) is 35.2. The molecule has 1 unspecified atom stereocenters. The number of rotatable bonds is 16. The van der Waals surface area contributed by atoms with Crippen LogP contribution in [0.1, 0.15) is 130 Å². The molecule has 2 heterocycles. The van der Waals surface area contributed by atoms with E-state index in [1.807, 2.05) is 27.7 Å². The van der Waals surface area contributed by atoms with Crippen molar-refractivity contribution in [1.82, 2.24) is 4.90 Å². The number of carbonyl (C=O) groups is 5. The van der Waals surface area contributed by atoms with Crippen LogP contribution in [0.25, 0.3) is 0 Å². The van der Waals surface area contributed by atoms with Gasteiger partial charge in [0.15, 0.2) is 21.4 Å². The lowest BCUT2D eigenvalue weighted by molar-refractivity contribution is -0.148. The first-order chi connectivity index (χ1) is 22.4. The second kappa shape index (κ2) is 14.4. The van der Waals surface area contributed by atoms with Crippen molar-refractivity contribution in [2.75, 3.05) is 12.3 Å². The number of hydrogen-bond donors (Lipinski definition) is 0. The Morgan fingerprint density at radius 2 is 1.60 bits per heavy atom. The van der Waals surface area contributed by atoms with E-state index in [4.69, 9.17) is 23.2 Å². The quantitative estimate of drug-likeness (QED) is 0.126. The van der Waals surface area contributed by atoms with E-state index in [1.165, 1.54) is 0 Å². The number of hydrogen-bond acceptors (Lipinski definition) is 7. The van der Waals surface area contributed by atoms with Gasteiger partial charge in [-0.1, -0.05) is 59.8 Å². The molecule has 0 aromatic heterocycles. The van der Waals surface area contributed by atoms with Crippen molar-refractivity contribution in [1.29, 1.82) is 0 Å². The highest BCUT2D eigenvalue weighted by molar-refractivity contribution is 7.92. The van der Waals surface area contributed by atoms with Gasteiger partial charge in [-0.2, -0.15) is 0 Å². The number of nitrogens with zero attached hydrogens (tertiary/aromatic N) is 1. The number of likely N-dealkylation sites (tertiary alicyclic amines) is 1. The third kappa shape index (κ3) is 7.93. The molecule has 3 saturated carbocycles. The minimum Gasteiger partial charge on any atom is -0.332 e. The van der Waals surface area contributed by atoms with Crippen LogP contribution in [-0.4, -0.2) is 70.3 Å². The van der Waals surface area contributed by atoms with Gasteiger partial charge >= 0.3 is 0 Å². The molecule has 3 aliphatic carbocycles. The number of alkyl halides is 2. The molecular formula is C37H55Cl2NO7S. The van der Waals surface area contributed by atoms with Crippen LogP contribution in [0.15, 0.2) is 0 Å². The summed E-state index contributed by atoms with van der Waals surface area (Å²) in [5, 5.41) is -0.508. The second-order valence-corrected chi connectivity index (χ2v) is 20.7. The Morgan fingerprint density at radius 1 is 0.938 bits per heavy atom. The van der Waals surface area contributed by atoms with Crippen molar-refractivity contribution in [3.8, 4) is 0 Å². The Hall–Kier alpha value is -1.32. The first kappa shape index (κ1) is 37.9. The van der Waals surface area contributed by atoms with Crippen molar-refractivity contribution in [3.05, 3.63) is 0 Å². The van der Waals surface area contributed by atoms with E-state index in [9.17, 15) is 32.4 Å². The average Bonchev–Trinajstić information content (AvgIpc) is 3.79. The number of unbranched alkanes of at least 4 members (excludes halogenated alkanes) is 1. The zero-order valence-corrected chi connectivity index (χ0v) is 31.6. The second-order valence-electron chi connectivity index (χ2n) is 16.9. The van der Waals surface area contributed by atoms with Gasteiger partial charge in [-0.25, -0.2) is 8.42 Å². The van der Waals surface area contributed by atoms with Gasteiger partial charge in [-0.3, -0.25) is 24.0 Å². The molecule has 1 amide bonds. The van der Waals surface area contributed by atoms with E-state index in [0.717, 1.165) is 38.5 Å². The minimum absolute atomic E-state index is 0.0379. The molecule has 0 aromatic rings. The largest absolute Gasteiger partial charge is 0.332 e. The Kier molecular flexibility index (Phi) is 11.3. The molecular weight excluding hydrogens is 673 g/mol. The normalized spacial score (nSPS) is 29.9. The van der Waals surface area contributed by atoms with E-state index in [2.05, 4.69) is 0 Å². The molecule has 5 fully saturated rings. The van der Waals surface area contributed by atoms with Gasteiger partial charge in [0.05, 0.1) is 17.0 Å². The molecule has 48 heavy (non-hydrogen) atoms. The number of sulfone groups is 1. The highest BCUT2D eigenvalue weighted by Gasteiger charge is 2.73. The smallest absolute Gasteiger partial charge is 0.227 e. The number of ketones is 4. The van der Waals surface area contributed by atoms with Crippen LogP contribution in [0, 0.1) is 40.4 Å². The molecule has 0 bridgehead atoms. The Labute approximate surface area is 297 Å². The third-order valence-electron chi connectivity index (χ3n) is 12.3. The highest BCUT2D eigenvalue weighted by atomic mass is 35.5. The highest BCUT2D eigenvalue weighted by Crippen LogP contribution is 2.66. The molecule has 0 aromatic carbocycles. The number of piperidine rings is 1. The molecule has 5 aliphatic rings. The van der Waals surface area contributed by atoms with Gasteiger partial charge < -0.3 is 4.90 Å². The average molecular weight is 729 g/mol. The molecule has 0 radical (unpaired) electrons. The monoisotopic (exact) mass is 727 g/mol. The van der Waals surface area contributed by atoms with Crippen LogP contribution < -0.4 is 0 Å². The Morgan fingerprint density at radius 3 is 2.17 bits per heavy atom. The molecule has 2 saturated heterocycles. The van der Waals surface area contributed by atoms with E-state index in [1.54, 1.807) is 4.90 Å². The third-order valence-corrected chi connectivity index (χ3v) is 15.8. The van der Waals surface area contributed by atoms with Crippen molar-refractivity contribution in [3.63, 3.8) is 0 Å². The number of carbonyl (C=O) groups excluding carboxylic acids is 5. The number of amides is 1. The lowest BCUT2D eigenvalue weighted by atomic mass is 9.66. The molecule has 0 N–H and O–H groups in total. The first-order valence-corrected chi connectivity index (χ1v) is 20.9. The summed E-state index contributed by atoms with van der Waals surface area (Å²) >= 11 is 13.3. The summed E-state index contributed by atoms with van der Waals surface area (Å²) < 4.78 is 25.0. The van der Waals surface area contributed by atoms with Crippen molar-refractivity contribution in [2.45, 2.75) is 146 Å². The summed E-state index contributed by atoms with van der Waals surface area (Å²) in [5.41, 5.74) is -1.21. The summed E-state index contributed by atoms with van der Waals surface area (Å²) in [7, 11) is -3.27. The molecule has 6 atom stereocenters. The van der Waals surface area contributed by atoms with E-state index in [-0.39, 0.29) is 67.3 Å². The van der Waals surface area contributed by atoms with E-state index in [0.29, 0.717) is 38.5 Å². The van der Waals surface area contributed by atoms with Crippen molar-refractivity contribution < 1.29 is 32.4 Å². The van der Waals surface area contributed by atoms with Crippen LogP contribution in [0.2, 0.25) is 0 Å². The van der Waals surface area contributed by atoms with Gasteiger partial charge in [-0.15, -0.1) is 23.2 Å². The van der Waals surface area contributed by atoms with Crippen molar-refractivity contribution in [2.24, 2.45) is 40.4 Å². The first-order valence-electron chi connectivity index (χ1n) is 18.4. The fourth-order valence-electron chi connectivity index (χ4n) is 9.26. The summed E-state index contributed by atoms with van der Waals surface area (Å²) in [6, 6.07) is -0.929. The summed E-state index contributed by atoms with van der Waals surface area (Å²) in [4.78, 5) is 70.2. The maximum atomic E-state index is 14.5. The standard InChI is InChI=1S/C37H55Cl2NO7S/c1-5-6-11-24(33(44)29(43)18-23-13-14-23)19-28(42)32-31-27(37(31,38)39)22-40(32)34(45)26(35(2,3)4)20-25(41)21-36(15-8-7-9-16-36)30-12-10-17-48(30,46)47/h23-24,26-27,30-32H,5-22H2,1-4H3/t24-,26-,27+,30?,31+,32-/m1/s1. The van der Waals surface area contributed by atoms with Gasteiger partial charge in [0.2, 0.25) is 11.7 Å². The van der Waals surface area contributed by atoms with Crippen molar-refractivity contribution >= 4 is 62.1 Å². The molecule has 11 heteroatoms. The maximum Gasteiger partial charge on any atom is 0.227 e. The van der Waals surface area contributed by atoms with Gasteiger partial charge in [0.1, 0.15) is 10.1 Å². The van der Waals surface area contributed by atoms with Crippen LogP contribution >= 0.6 is 23.2 Å². The predicted molar refractivity (Wildman–Crippen MR) is 186 cm³/mol. The summed E-state index contributed by atoms with van der Waals surface area (Å²) in [6.45, 7) is 7.91. The zero-order valence-electron chi connectivity index (χ0n) is 29.2. The fraction of sp³-hybridized carbons (Fsp3) is 0.865. The molecule has 5 rings (SSSR count). The Balaban J connectivity index is 1.34. The maximum absolute atomic E-state index is 14.5.